The molecule has 0 bridgehead atoms. The predicted octanol–water partition coefficient (Wildman–Crippen LogP) is 4.18. The normalized spacial score (nSPS) is 23.6. The number of nitrogens with one attached hydrogen (secondary N) is 2. The zero-order valence-corrected chi connectivity index (χ0v) is 18.7. The highest BCUT2D eigenvalue weighted by atomic mass is 16.5. The lowest BCUT2D eigenvalue weighted by Gasteiger charge is -2.29. The molecule has 6 heteroatoms. The highest BCUT2D eigenvalue weighted by Crippen LogP contribution is 2.25. The fourth-order valence-electron chi connectivity index (χ4n) is 4.31. The fourth-order valence-corrected chi connectivity index (χ4v) is 4.31. The topological polar surface area (TPSA) is 72.0 Å². The zero-order chi connectivity index (χ0) is 20.7. The van der Waals surface area contributed by atoms with Gasteiger partial charge in [-0.15, -0.1) is 0 Å². The molecule has 0 aromatic carbocycles. The Labute approximate surface area is 177 Å². The summed E-state index contributed by atoms with van der Waals surface area (Å²) in [6.45, 7) is 7.04. The van der Waals surface area contributed by atoms with E-state index in [1.807, 2.05) is 6.92 Å². The SMILES string of the molecule is CCNC(=NCCCCCOC1CCCCC1)NC1CCC(C(=O)OCC)CC1. The maximum Gasteiger partial charge on any atom is 0.308 e. The van der Waals surface area contributed by atoms with Gasteiger partial charge in [-0.2, -0.15) is 0 Å². The number of aliphatic imine (C=N–C) groups is 1. The van der Waals surface area contributed by atoms with Gasteiger partial charge in [0.15, 0.2) is 5.96 Å². The van der Waals surface area contributed by atoms with Gasteiger partial charge in [-0.1, -0.05) is 19.3 Å². The highest BCUT2D eigenvalue weighted by Gasteiger charge is 2.27. The maximum atomic E-state index is 11.9. The maximum absolute atomic E-state index is 11.9. The third kappa shape index (κ3) is 9.83. The van der Waals surface area contributed by atoms with Gasteiger partial charge in [0.2, 0.25) is 0 Å². The summed E-state index contributed by atoms with van der Waals surface area (Å²) in [4.78, 5) is 16.6. The second-order valence-electron chi connectivity index (χ2n) is 8.40. The summed E-state index contributed by atoms with van der Waals surface area (Å²) >= 11 is 0. The average Bonchev–Trinajstić information content (AvgIpc) is 2.74. The van der Waals surface area contributed by atoms with Crippen LogP contribution in [0.4, 0.5) is 0 Å². The highest BCUT2D eigenvalue weighted by molar-refractivity contribution is 5.80. The molecule has 6 nitrogen and oxygen atoms in total. The Morgan fingerprint density at radius 1 is 0.966 bits per heavy atom. The van der Waals surface area contributed by atoms with Crippen LogP contribution in [0.5, 0.6) is 0 Å². The first-order chi connectivity index (χ1) is 14.2. The van der Waals surface area contributed by atoms with Crippen molar-refractivity contribution in [3.63, 3.8) is 0 Å². The van der Waals surface area contributed by atoms with Crippen molar-refractivity contribution >= 4 is 11.9 Å². The van der Waals surface area contributed by atoms with Gasteiger partial charge in [0.25, 0.3) is 0 Å². The number of hydrogen-bond acceptors (Lipinski definition) is 4. The second kappa shape index (κ2) is 14.6. The molecular formula is C23H43N3O3. The fraction of sp³-hybridized carbons (Fsp3) is 0.913. The monoisotopic (exact) mass is 409 g/mol. The summed E-state index contributed by atoms with van der Waals surface area (Å²) in [6, 6.07) is 0.391. The van der Waals surface area contributed by atoms with Crippen molar-refractivity contribution in [2.75, 3.05) is 26.3 Å². The van der Waals surface area contributed by atoms with E-state index in [1.54, 1.807) is 0 Å². The number of unbranched alkanes of at least 4 members (excludes halogenated alkanes) is 2. The van der Waals surface area contributed by atoms with Gasteiger partial charge in [-0.05, 0) is 71.6 Å². The van der Waals surface area contributed by atoms with E-state index in [1.165, 1.54) is 38.5 Å². The third-order valence-electron chi connectivity index (χ3n) is 6.01. The first-order valence-corrected chi connectivity index (χ1v) is 12.1. The minimum absolute atomic E-state index is 0.0287. The van der Waals surface area contributed by atoms with Crippen LogP contribution in [0.15, 0.2) is 4.99 Å². The first kappa shape index (κ1) is 24.0. The third-order valence-corrected chi connectivity index (χ3v) is 6.01. The molecule has 2 aliphatic rings. The Bertz CT molecular complexity index is 470. The number of nitrogens with zero attached hydrogens (tertiary/aromatic N) is 1. The molecule has 29 heavy (non-hydrogen) atoms. The molecule has 0 aliphatic heterocycles. The quantitative estimate of drug-likeness (QED) is 0.232. The number of rotatable bonds is 11. The van der Waals surface area contributed by atoms with Crippen LogP contribution < -0.4 is 10.6 Å². The van der Waals surface area contributed by atoms with E-state index in [4.69, 9.17) is 14.5 Å². The van der Waals surface area contributed by atoms with Crippen LogP contribution in [0, 0.1) is 5.92 Å². The summed E-state index contributed by atoms with van der Waals surface area (Å²) in [6.07, 6.45) is 14.3. The van der Waals surface area contributed by atoms with Crippen LogP contribution >= 0.6 is 0 Å². The van der Waals surface area contributed by atoms with Crippen molar-refractivity contribution < 1.29 is 14.3 Å². The van der Waals surface area contributed by atoms with Crippen molar-refractivity contribution in [2.45, 2.75) is 103 Å². The largest absolute Gasteiger partial charge is 0.466 e. The van der Waals surface area contributed by atoms with Gasteiger partial charge < -0.3 is 20.1 Å². The molecule has 2 aliphatic carbocycles. The van der Waals surface area contributed by atoms with Gasteiger partial charge in [0.05, 0.1) is 18.6 Å². The average molecular weight is 410 g/mol. The Morgan fingerprint density at radius 3 is 2.41 bits per heavy atom. The summed E-state index contributed by atoms with van der Waals surface area (Å²) in [5, 5.41) is 6.91. The standard InChI is InChI=1S/C23H43N3O3/c1-3-24-23(26-20-15-13-19(14-16-20)22(27)28-4-2)25-17-9-6-10-18-29-21-11-7-5-8-12-21/h19-21H,3-18H2,1-2H3,(H2,24,25,26). The molecule has 0 spiro atoms. The first-order valence-electron chi connectivity index (χ1n) is 12.1. The van der Waals surface area contributed by atoms with E-state index in [0.29, 0.717) is 18.8 Å². The van der Waals surface area contributed by atoms with E-state index in [9.17, 15) is 4.79 Å². The van der Waals surface area contributed by atoms with Crippen LogP contribution in [0.1, 0.15) is 90.9 Å². The van der Waals surface area contributed by atoms with Crippen LogP contribution in [-0.4, -0.2) is 50.4 Å². The number of ether oxygens (including phenoxy) is 2. The summed E-state index contributed by atoms with van der Waals surface area (Å²) in [5.41, 5.74) is 0. The van der Waals surface area contributed by atoms with Crippen LogP contribution in [0.25, 0.3) is 0 Å². The Hall–Kier alpha value is -1.30. The van der Waals surface area contributed by atoms with Gasteiger partial charge in [0, 0.05) is 25.7 Å². The van der Waals surface area contributed by atoms with Crippen LogP contribution in [0.3, 0.4) is 0 Å². The Balaban J connectivity index is 1.58. The zero-order valence-electron chi connectivity index (χ0n) is 18.7. The number of esters is 1. The molecule has 2 fully saturated rings. The summed E-state index contributed by atoms with van der Waals surface area (Å²) in [7, 11) is 0. The van der Waals surface area contributed by atoms with Crippen LogP contribution in [0.2, 0.25) is 0 Å². The van der Waals surface area contributed by atoms with Crippen molar-refractivity contribution in [3.8, 4) is 0 Å². The Kier molecular flexibility index (Phi) is 12.1. The molecule has 168 valence electrons. The number of carbonyl (C=O) groups is 1. The lowest BCUT2D eigenvalue weighted by Crippen LogP contribution is -2.45. The van der Waals surface area contributed by atoms with Crippen molar-refractivity contribution in [3.05, 3.63) is 0 Å². The van der Waals surface area contributed by atoms with Crippen molar-refractivity contribution in [1.29, 1.82) is 0 Å². The van der Waals surface area contributed by atoms with Crippen molar-refractivity contribution in [2.24, 2.45) is 10.9 Å². The van der Waals surface area contributed by atoms with Gasteiger partial charge >= 0.3 is 5.97 Å². The molecule has 0 aromatic rings. The van der Waals surface area contributed by atoms with E-state index in [2.05, 4.69) is 17.6 Å². The van der Waals surface area contributed by atoms with Gasteiger partial charge in [-0.3, -0.25) is 9.79 Å². The molecule has 0 heterocycles. The number of hydrogen-bond donors (Lipinski definition) is 2. The van der Waals surface area contributed by atoms with Gasteiger partial charge in [-0.25, -0.2) is 0 Å². The summed E-state index contributed by atoms with van der Waals surface area (Å²) < 4.78 is 11.2. The summed E-state index contributed by atoms with van der Waals surface area (Å²) in [5.74, 6) is 0.952. The molecular weight excluding hydrogens is 366 g/mol. The molecule has 0 unspecified atom stereocenters. The second-order valence-corrected chi connectivity index (χ2v) is 8.40. The molecule has 2 N–H and O–H groups in total. The molecule has 0 aromatic heterocycles. The van der Waals surface area contributed by atoms with E-state index in [-0.39, 0.29) is 11.9 Å². The Morgan fingerprint density at radius 2 is 1.72 bits per heavy atom. The molecule has 0 amide bonds. The van der Waals surface area contributed by atoms with Crippen LogP contribution in [-0.2, 0) is 14.3 Å². The lowest BCUT2D eigenvalue weighted by atomic mass is 9.86. The van der Waals surface area contributed by atoms with Gasteiger partial charge in [0.1, 0.15) is 0 Å². The minimum atomic E-state index is -0.0287. The smallest absolute Gasteiger partial charge is 0.308 e. The van der Waals surface area contributed by atoms with Crippen molar-refractivity contribution in [1.82, 2.24) is 10.6 Å². The molecule has 0 atom stereocenters. The molecule has 0 radical (unpaired) electrons. The minimum Gasteiger partial charge on any atom is -0.466 e. The predicted molar refractivity (Wildman–Crippen MR) is 118 cm³/mol. The number of guanidine groups is 1. The molecule has 2 rings (SSSR count). The van der Waals surface area contributed by atoms with E-state index in [0.717, 1.165) is 64.2 Å². The number of carbonyl (C=O) groups excluding carboxylic acids is 1. The molecule has 2 saturated carbocycles. The van der Waals surface area contributed by atoms with E-state index < -0.39 is 0 Å². The molecule has 0 saturated heterocycles. The van der Waals surface area contributed by atoms with E-state index >= 15 is 0 Å². The lowest BCUT2D eigenvalue weighted by molar-refractivity contribution is -0.149.